The summed E-state index contributed by atoms with van der Waals surface area (Å²) in [6.07, 6.45) is 0.797. The van der Waals surface area contributed by atoms with Crippen LogP contribution in [0.4, 0.5) is 10.2 Å². The van der Waals surface area contributed by atoms with Gasteiger partial charge in [-0.1, -0.05) is 99.6 Å². The van der Waals surface area contributed by atoms with E-state index in [1.165, 1.54) is 27.2 Å². The van der Waals surface area contributed by atoms with E-state index >= 15 is 0 Å². The lowest BCUT2D eigenvalue weighted by molar-refractivity contribution is 0.264. The first-order valence-electron chi connectivity index (χ1n) is 16.7. The zero-order valence-electron chi connectivity index (χ0n) is 28.2. The molecule has 49 heavy (non-hydrogen) atoms. The lowest BCUT2D eigenvalue weighted by Crippen LogP contribution is -2.67. The van der Waals surface area contributed by atoms with Crippen molar-refractivity contribution in [3.8, 4) is 28.2 Å². The van der Waals surface area contributed by atoms with Gasteiger partial charge in [0.2, 0.25) is 0 Å². The Labute approximate surface area is 287 Å². The van der Waals surface area contributed by atoms with Crippen LogP contribution in [0.1, 0.15) is 32.8 Å². The number of hydrogen-bond acceptors (Lipinski definition) is 5. The fraction of sp³-hybridized carbons (Fsp3) is 0.225. The molecule has 1 atom stereocenters. The molecule has 2 aromatic heterocycles. The highest BCUT2D eigenvalue weighted by Gasteiger charge is 2.50. The van der Waals surface area contributed by atoms with Gasteiger partial charge >= 0.3 is 0 Å². The smallest absolute Gasteiger partial charge is 0.271 e. The molecule has 0 fully saturated rings. The van der Waals surface area contributed by atoms with Crippen LogP contribution in [0.5, 0.6) is 0 Å². The van der Waals surface area contributed by atoms with E-state index < -0.39 is 8.32 Å². The molecule has 3 heterocycles. The van der Waals surface area contributed by atoms with Crippen LogP contribution in [-0.2, 0) is 11.0 Å². The third-order valence-corrected chi connectivity index (χ3v) is 14.4. The Morgan fingerprint density at radius 3 is 2.10 bits per heavy atom. The molecular formula is C40H40FN5O2Si. The largest absolute Gasteiger partial charge is 0.405 e. The van der Waals surface area contributed by atoms with Gasteiger partial charge in [0, 0.05) is 18.2 Å². The summed E-state index contributed by atoms with van der Waals surface area (Å²) in [6.45, 7) is 9.95. The number of hydrogen-bond donors (Lipinski definition) is 1. The number of halogens is 1. The molecule has 1 aliphatic heterocycles. The van der Waals surface area contributed by atoms with Crippen molar-refractivity contribution >= 4 is 24.5 Å². The second-order valence-corrected chi connectivity index (χ2v) is 18.0. The van der Waals surface area contributed by atoms with Crippen molar-refractivity contribution in [2.45, 2.75) is 51.7 Å². The molecule has 0 unspecified atom stereocenters. The van der Waals surface area contributed by atoms with Gasteiger partial charge in [-0.2, -0.15) is 14.9 Å². The Hall–Kier alpha value is -5.12. The van der Waals surface area contributed by atoms with Crippen molar-refractivity contribution in [3.05, 3.63) is 143 Å². The number of aryl methyl sites for hydroxylation is 2. The highest BCUT2D eigenvalue weighted by molar-refractivity contribution is 6.99. The number of anilines is 1. The summed E-state index contributed by atoms with van der Waals surface area (Å²) >= 11 is 0. The van der Waals surface area contributed by atoms with Gasteiger partial charge < -0.3 is 9.74 Å². The maximum atomic E-state index is 14.0. The molecule has 7 rings (SSSR count). The summed E-state index contributed by atoms with van der Waals surface area (Å²) in [4.78, 5) is 13.1. The summed E-state index contributed by atoms with van der Waals surface area (Å²) in [5, 5.41) is 16.0. The summed E-state index contributed by atoms with van der Waals surface area (Å²) < 4.78 is 24.8. The second kappa shape index (κ2) is 13.1. The van der Waals surface area contributed by atoms with E-state index in [9.17, 15) is 9.18 Å². The molecule has 248 valence electrons. The highest BCUT2D eigenvalue weighted by Crippen LogP contribution is 2.40. The molecule has 0 aliphatic carbocycles. The molecule has 0 spiro atoms. The van der Waals surface area contributed by atoms with E-state index in [1.807, 2.05) is 35.9 Å². The van der Waals surface area contributed by atoms with Gasteiger partial charge in [0.05, 0.1) is 29.6 Å². The molecular weight excluding hydrogens is 630 g/mol. The lowest BCUT2D eigenvalue weighted by Gasteiger charge is -2.44. The molecule has 0 radical (unpaired) electrons. The molecule has 6 aromatic rings. The Balaban J connectivity index is 1.30. The molecule has 9 heteroatoms. The van der Waals surface area contributed by atoms with Crippen molar-refractivity contribution in [1.82, 2.24) is 19.6 Å². The number of fused-ring (bicyclic) bond motifs is 1. The van der Waals surface area contributed by atoms with Crippen LogP contribution in [0.25, 0.3) is 28.2 Å². The van der Waals surface area contributed by atoms with Crippen molar-refractivity contribution in [2.24, 2.45) is 0 Å². The quantitative estimate of drug-likeness (QED) is 0.177. The number of nitrogens with zero attached hydrogens (tertiary/aromatic N) is 4. The van der Waals surface area contributed by atoms with Crippen molar-refractivity contribution < 1.29 is 8.82 Å². The Kier molecular flexibility index (Phi) is 8.64. The molecule has 0 amide bonds. The highest BCUT2D eigenvalue weighted by atomic mass is 28.4. The van der Waals surface area contributed by atoms with Gasteiger partial charge in [-0.25, -0.2) is 9.07 Å². The van der Waals surface area contributed by atoms with Gasteiger partial charge in [-0.3, -0.25) is 4.79 Å². The normalized spacial score (nSPS) is 14.7. The summed E-state index contributed by atoms with van der Waals surface area (Å²) in [5.74, 6) is 0.475. The van der Waals surface area contributed by atoms with Crippen LogP contribution in [-0.4, -0.2) is 40.5 Å². The minimum Gasteiger partial charge on any atom is -0.405 e. The van der Waals surface area contributed by atoms with E-state index in [4.69, 9.17) is 14.6 Å². The molecule has 0 saturated heterocycles. The van der Waals surface area contributed by atoms with Gasteiger partial charge in [0.15, 0.2) is 0 Å². The Morgan fingerprint density at radius 1 is 0.837 bits per heavy atom. The lowest BCUT2D eigenvalue weighted by atomic mass is 10.0. The predicted octanol–water partition coefficient (Wildman–Crippen LogP) is 6.97. The minimum atomic E-state index is -2.76. The SMILES string of the molecule is Cc1ccccc1-n1nc(-c2c(-c3ccc(F)cc3)nn3c2N[C@@H](CO[Si](c2ccccc2)(c2ccccc2)C(C)(C)C)CC3)ccc1=O. The average molecular weight is 670 g/mol. The first-order valence-corrected chi connectivity index (χ1v) is 18.6. The number of benzene rings is 4. The fourth-order valence-corrected chi connectivity index (χ4v) is 11.6. The molecule has 0 saturated carbocycles. The second-order valence-electron chi connectivity index (χ2n) is 13.7. The number of para-hydroxylation sites is 1. The van der Waals surface area contributed by atoms with E-state index in [0.29, 0.717) is 30.2 Å². The van der Waals surface area contributed by atoms with E-state index in [2.05, 4.69) is 86.8 Å². The van der Waals surface area contributed by atoms with E-state index in [1.54, 1.807) is 24.3 Å². The zero-order chi connectivity index (χ0) is 34.2. The van der Waals surface area contributed by atoms with Crippen LogP contribution in [0.15, 0.2) is 126 Å². The van der Waals surface area contributed by atoms with Crippen LogP contribution >= 0.6 is 0 Å². The molecule has 7 nitrogen and oxygen atoms in total. The third-order valence-electron chi connectivity index (χ3n) is 9.42. The van der Waals surface area contributed by atoms with Crippen LogP contribution < -0.4 is 21.2 Å². The number of rotatable bonds is 8. The van der Waals surface area contributed by atoms with Gasteiger partial charge in [-0.05, 0) is 70.7 Å². The fourth-order valence-electron chi connectivity index (χ4n) is 7.00. The molecule has 4 aromatic carbocycles. The summed E-state index contributed by atoms with van der Waals surface area (Å²) in [7, 11) is -2.76. The predicted molar refractivity (Wildman–Crippen MR) is 197 cm³/mol. The van der Waals surface area contributed by atoms with Crippen molar-refractivity contribution in [2.75, 3.05) is 11.9 Å². The first kappa shape index (κ1) is 32.4. The Bertz CT molecular complexity index is 2100. The maximum absolute atomic E-state index is 14.0. The molecule has 0 bridgehead atoms. The first-order chi connectivity index (χ1) is 23.7. The molecule has 1 N–H and O–H groups in total. The third kappa shape index (κ3) is 6.04. The van der Waals surface area contributed by atoms with Gasteiger partial charge in [0.1, 0.15) is 17.3 Å². The topological polar surface area (TPSA) is 74.0 Å². The maximum Gasteiger partial charge on any atom is 0.271 e. The Morgan fingerprint density at radius 2 is 1.47 bits per heavy atom. The van der Waals surface area contributed by atoms with Crippen molar-refractivity contribution in [3.63, 3.8) is 0 Å². The number of nitrogens with one attached hydrogen (secondary N) is 1. The monoisotopic (exact) mass is 669 g/mol. The zero-order valence-corrected chi connectivity index (χ0v) is 29.2. The van der Waals surface area contributed by atoms with Crippen LogP contribution in [0.3, 0.4) is 0 Å². The van der Waals surface area contributed by atoms with Crippen LogP contribution in [0.2, 0.25) is 5.04 Å². The van der Waals surface area contributed by atoms with Crippen molar-refractivity contribution in [1.29, 1.82) is 0 Å². The van der Waals surface area contributed by atoms with E-state index in [-0.39, 0.29) is 22.5 Å². The van der Waals surface area contributed by atoms with Gasteiger partial charge in [-0.15, -0.1) is 0 Å². The van der Waals surface area contributed by atoms with Crippen LogP contribution in [0, 0.1) is 12.7 Å². The van der Waals surface area contributed by atoms with E-state index in [0.717, 1.165) is 28.9 Å². The molecule has 1 aliphatic rings. The summed E-state index contributed by atoms with van der Waals surface area (Å²) in [5.41, 5.74) is 4.18. The standard InChI is InChI=1S/C40H40FN5O2Si/c1-28-13-11-12-18-35(28)46-36(47)24-23-34(43-46)37-38(29-19-21-30(41)22-20-29)44-45-26-25-31(42-39(37)45)27-48-49(40(2,3)4,32-14-7-5-8-15-32)33-16-9-6-10-17-33/h5-24,31,42H,25-27H2,1-4H3/t31-/m1/s1. The minimum absolute atomic E-state index is 0.0204. The average Bonchev–Trinajstić information content (AvgIpc) is 3.49. The summed E-state index contributed by atoms with van der Waals surface area (Å²) in [6, 6.07) is 38.6. The number of aromatic nitrogens is 4. The van der Waals surface area contributed by atoms with Gasteiger partial charge in [0.25, 0.3) is 13.9 Å².